The molecule has 0 amide bonds. The Balaban J connectivity index is 2.97. The molecule has 21 heavy (non-hydrogen) atoms. The molecule has 5 heteroatoms. The van der Waals surface area contributed by atoms with Crippen LogP contribution in [0.1, 0.15) is 18.4 Å². The topological polar surface area (TPSA) is 54.5 Å². The Morgan fingerprint density at radius 2 is 1.90 bits per heavy atom. The molecule has 4 nitrogen and oxygen atoms in total. The number of hydrogen-bond donors (Lipinski definition) is 0. The highest BCUT2D eigenvalue weighted by atomic mass is 32.2. The molecule has 0 radical (unpaired) electrons. The molecule has 0 heterocycles. The highest BCUT2D eigenvalue weighted by Crippen LogP contribution is 2.17. The van der Waals surface area contributed by atoms with Crippen LogP contribution in [0.25, 0.3) is 0 Å². The summed E-state index contributed by atoms with van der Waals surface area (Å²) in [5.74, 6) is 0. The maximum Gasteiger partial charge on any atom is 0.243 e. The SMILES string of the molecule is C=C/C=C/CN(CCCC=O)S(=O)(=O)c1ccc(C)cc1. The van der Waals surface area contributed by atoms with Crippen LogP contribution in [0.15, 0.2) is 54.0 Å². The van der Waals surface area contributed by atoms with Gasteiger partial charge in [0.2, 0.25) is 10.0 Å². The van der Waals surface area contributed by atoms with Crippen molar-refractivity contribution in [2.75, 3.05) is 13.1 Å². The van der Waals surface area contributed by atoms with Crippen molar-refractivity contribution < 1.29 is 13.2 Å². The van der Waals surface area contributed by atoms with E-state index in [1.165, 1.54) is 4.31 Å². The Kier molecular flexibility index (Phi) is 7.05. The largest absolute Gasteiger partial charge is 0.303 e. The number of unbranched alkanes of at least 4 members (excludes halogenated alkanes) is 1. The second kappa shape index (κ2) is 8.54. The second-order valence-electron chi connectivity index (χ2n) is 4.65. The first kappa shape index (κ1) is 17.3. The molecule has 0 N–H and O–H groups in total. The van der Waals surface area contributed by atoms with Crippen molar-refractivity contribution in [3.05, 3.63) is 54.6 Å². The van der Waals surface area contributed by atoms with Gasteiger partial charge in [-0.15, -0.1) is 0 Å². The van der Waals surface area contributed by atoms with E-state index in [4.69, 9.17) is 0 Å². The van der Waals surface area contributed by atoms with Gasteiger partial charge in [-0.1, -0.05) is 42.5 Å². The Bertz CT molecular complexity index is 588. The van der Waals surface area contributed by atoms with Crippen LogP contribution in [0.5, 0.6) is 0 Å². The van der Waals surface area contributed by atoms with Crippen molar-refractivity contribution in [2.45, 2.75) is 24.7 Å². The Morgan fingerprint density at radius 1 is 1.24 bits per heavy atom. The van der Waals surface area contributed by atoms with E-state index in [-0.39, 0.29) is 11.4 Å². The summed E-state index contributed by atoms with van der Waals surface area (Å²) in [7, 11) is -3.55. The van der Waals surface area contributed by atoms with Gasteiger partial charge in [-0.25, -0.2) is 8.42 Å². The summed E-state index contributed by atoms with van der Waals surface area (Å²) in [5, 5.41) is 0. The zero-order valence-corrected chi connectivity index (χ0v) is 13.1. The first-order valence-corrected chi connectivity index (χ1v) is 8.24. The maximum absolute atomic E-state index is 12.6. The predicted octanol–water partition coefficient (Wildman–Crippen LogP) is 2.71. The van der Waals surface area contributed by atoms with Crippen LogP contribution >= 0.6 is 0 Å². The Morgan fingerprint density at radius 3 is 2.48 bits per heavy atom. The fourth-order valence-corrected chi connectivity index (χ4v) is 3.22. The number of carbonyl (C=O) groups excluding carboxylic acids is 1. The van der Waals surface area contributed by atoms with E-state index in [0.717, 1.165) is 11.8 Å². The quantitative estimate of drug-likeness (QED) is 0.400. The number of allylic oxidation sites excluding steroid dienone is 2. The van der Waals surface area contributed by atoms with E-state index in [1.807, 2.05) is 6.92 Å². The number of rotatable bonds is 9. The van der Waals surface area contributed by atoms with Gasteiger partial charge in [0.1, 0.15) is 6.29 Å². The van der Waals surface area contributed by atoms with Crippen molar-refractivity contribution in [3.8, 4) is 0 Å². The third kappa shape index (κ3) is 5.28. The molecule has 0 fully saturated rings. The van der Waals surface area contributed by atoms with Crippen LogP contribution in [-0.4, -0.2) is 32.1 Å². The summed E-state index contributed by atoms with van der Waals surface area (Å²) in [5.41, 5.74) is 1.01. The fraction of sp³-hybridized carbons (Fsp3) is 0.312. The molecular weight excluding hydrogens is 286 g/mol. The van der Waals surface area contributed by atoms with Gasteiger partial charge in [-0.2, -0.15) is 4.31 Å². The molecule has 0 bridgehead atoms. The fourth-order valence-electron chi connectivity index (χ4n) is 1.79. The minimum absolute atomic E-state index is 0.265. The highest BCUT2D eigenvalue weighted by Gasteiger charge is 2.22. The summed E-state index contributed by atoms with van der Waals surface area (Å²) < 4.78 is 26.6. The molecular formula is C16H21NO3S. The molecule has 0 saturated heterocycles. The van der Waals surface area contributed by atoms with Gasteiger partial charge in [0.25, 0.3) is 0 Å². The van der Waals surface area contributed by atoms with Crippen molar-refractivity contribution in [3.63, 3.8) is 0 Å². The lowest BCUT2D eigenvalue weighted by Crippen LogP contribution is -2.32. The molecule has 1 rings (SSSR count). The minimum Gasteiger partial charge on any atom is -0.303 e. The second-order valence-corrected chi connectivity index (χ2v) is 6.59. The van der Waals surface area contributed by atoms with Crippen LogP contribution in [0.4, 0.5) is 0 Å². The molecule has 1 aromatic carbocycles. The molecule has 0 aliphatic heterocycles. The van der Waals surface area contributed by atoms with Gasteiger partial charge < -0.3 is 4.79 Å². The van der Waals surface area contributed by atoms with E-state index in [9.17, 15) is 13.2 Å². The normalized spacial score (nSPS) is 11.9. The number of carbonyl (C=O) groups is 1. The number of hydrogen-bond acceptors (Lipinski definition) is 3. The number of aryl methyl sites for hydroxylation is 1. The summed E-state index contributed by atoms with van der Waals surface area (Å²) in [4.78, 5) is 10.7. The molecule has 0 atom stereocenters. The molecule has 1 aromatic rings. The number of sulfonamides is 1. The van der Waals surface area contributed by atoms with Gasteiger partial charge in [0.15, 0.2) is 0 Å². The van der Waals surface area contributed by atoms with E-state index < -0.39 is 10.0 Å². The monoisotopic (exact) mass is 307 g/mol. The van der Waals surface area contributed by atoms with Crippen LogP contribution in [0, 0.1) is 6.92 Å². The van der Waals surface area contributed by atoms with Crippen LogP contribution in [-0.2, 0) is 14.8 Å². The first-order chi connectivity index (χ1) is 10.0. The predicted molar refractivity (Wildman–Crippen MR) is 84.6 cm³/mol. The third-order valence-electron chi connectivity index (χ3n) is 2.97. The van der Waals surface area contributed by atoms with Gasteiger partial charge >= 0.3 is 0 Å². The molecule has 114 valence electrons. The summed E-state index contributed by atoms with van der Waals surface area (Å²) >= 11 is 0. The lowest BCUT2D eigenvalue weighted by Gasteiger charge is -2.20. The molecule has 0 aliphatic rings. The first-order valence-electron chi connectivity index (χ1n) is 6.80. The van der Waals surface area contributed by atoms with Gasteiger partial charge in [-0.05, 0) is 25.5 Å². The summed E-state index contributed by atoms with van der Waals surface area (Å²) in [6.45, 7) is 6.05. The van der Waals surface area contributed by atoms with E-state index in [1.54, 1.807) is 42.5 Å². The van der Waals surface area contributed by atoms with Crippen molar-refractivity contribution >= 4 is 16.3 Å². The average molecular weight is 307 g/mol. The zero-order chi connectivity index (χ0) is 15.7. The van der Waals surface area contributed by atoms with Gasteiger partial charge in [0.05, 0.1) is 4.90 Å². The maximum atomic E-state index is 12.6. The smallest absolute Gasteiger partial charge is 0.243 e. The zero-order valence-electron chi connectivity index (χ0n) is 12.2. The molecule has 0 aromatic heterocycles. The van der Waals surface area contributed by atoms with Crippen molar-refractivity contribution in [1.29, 1.82) is 0 Å². The van der Waals surface area contributed by atoms with Gasteiger partial charge in [0, 0.05) is 19.5 Å². The number of benzene rings is 1. The van der Waals surface area contributed by atoms with E-state index >= 15 is 0 Å². The lowest BCUT2D eigenvalue weighted by molar-refractivity contribution is -0.107. The van der Waals surface area contributed by atoms with Crippen LogP contribution in [0.2, 0.25) is 0 Å². The van der Waals surface area contributed by atoms with Crippen LogP contribution in [0.3, 0.4) is 0 Å². The third-order valence-corrected chi connectivity index (χ3v) is 4.85. The standard InChI is InChI=1S/C16H21NO3S/c1-3-4-5-12-17(13-6-7-14-18)21(19,20)16-10-8-15(2)9-11-16/h3-5,8-11,14H,1,6-7,12-13H2,2H3/b5-4+. The van der Waals surface area contributed by atoms with Gasteiger partial charge in [-0.3, -0.25) is 0 Å². The lowest BCUT2D eigenvalue weighted by atomic mass is 10.2. The average Bonchev–Trinajstić information content (AvgIpc) is 2.46. The van der Waals surface area contributed by atoms with E-state index in [2.05, 4.69) is 6.58 Å². The number of nitrogens with zero attached hydrogens (tertiary/aromatic N) is 1. The summed E-state index contributed by atoms with van der Waals surface area (Å²) in [6, 6.07) is 6.76. The summed E-state index contributed by atoms with van der Waals surface area (Å²) in [6.07, 6.45) is 6.71. The highest BCUT2D eigenvalue weighted by molar-refractivity contribution is 7.89. The Hall–Kier alpha value is -1.72. The van der Waals surface area contributed by atoms with Crippen molar-refractivity contribution in [2.24, 2.45) is 0 Å². The molecule has 0 spiro atoms. The number of aldehydes is 1. The molecule has 0 saturated carbocycles. The van der Waals surface area contributed by atoms with E-state index in [0.29, 0.717) is 19.4 Å². The minimum atomic E-state index is -3.55. The van der Waals surface area contributed by atoms with Crippen LogP contribution < -0.4 is 0 Å². The van der Waals surface area contributed by atoms with Crippen molar-refractivity contribution in [1.82, 2.24) is 4.31 Å². The molecule has 0 unspecified atom stereocenters. The Labute approximate surface area is 126 Å². The molecule has 0 aliphatic carbocycles.